The summed E-state index contributed by atoms with van der Waals surface area (Å²) in [7, 11) is 0. The number of pyridine rings is 2. The van der Waals surface area contributed by atoms with Crippen LogP contribution in [0.2, 0.25) is 0 Å². The third kappa shape index (κ3) is 2.76. The Morgan fingerprint density at radius 2 is 1.94 bits per heavy atom. The second kappa shape index (κ2) is 6.82. The zero-order chi connectivity index (χ0) is 20.9. The molecular weight excluding hydrogens is 411 g/mol. The van der Waals surface area contributed by atoms with E-state index in [0.717, 1.165) is 27.8 Å². The topological polar surface area (TPSA) is 83.1 Å². The number of imidazole rings is 1. The van der Waals surface area contributed by atoms with Crippen LogP contribution >= 0.6 is 11.3 Å². The van der Waals surface area contributed by atoms with Gasteiger partial charge in [0.05, 0.1) is 16.4 Å². The summed E-state index contributed by atoms with van der Waals surface area (Å²) in [5, 5.41) is 11.8. The maximum Gasteiger partial charge on any atom is 0.178 e. The molecule has 5 aromatic heterocycles. The van der Waals surface area contributed by atoms with E-state index in [-0.39, 0.29) is 5.82 Å². The van der Waals surface area contributed by atoms with Gasteiger partial charge in [0, 0.05) is 35.3 Å². The first-order chi connectivity index (χ1) is 15.2. The van der Waals surface area contributed by atoms with E-state index in [1.54, 1.807) is 36.0 Å². The van der Waals surface area contributed by atoms with E-state index in [9.17, 15) is 0 Å². The number of hydrogen-bond donors (Lipinski definition) is 2. The second-order valence-corrected chi connectivity index (χ2v) is 8.05. The quantitative estimate of drug-likeness (QED) is 0.378. The zero-order valence-electron chi connectivity index (χ0n) is 16.3. The molecule has 0 bridgehead atoms. The van der Waals surface area contributed by atoms with Crippen molar-refractivity contribution in [2.75, 3.05) is 0 Å². The molecule has 2 N–H and O–H groups in total. The van der Waals surface area contributed by atoms with Crippen LogP contribution in [0.15, 0.2) is 59.7 Å². The molecule has 5 heterocycles. The van der Waals surface area contributed by atoms with Gasteiger partial charge in [0.1, 0.15) is 11.5 Å². The van der Waals surface area contributed by atoms with Gasteiger partial charge >= 0.3 is 0 Å². The van der Waals surface area contributed by atoms with Crippen LogP contribution in [-0.2, 0) is 0 Å². The molecule has 0 aliphatic carbocycles. The predicted octanol–water partition coefficient (Wildman–Crippen LogP) is 5.74. The van der Waals surface area contributed by atoms with Crippen LogP contribution in [0, 0.1) is 12.7 Å². The van der Waals surface area contributed by atoms with Gasteiger partial charge in [-0.1, -0.05) is 0 Å². The third-order valence-electron chi connectivity index (χ3n) is 5.44. The van der Waals surface area contributed by atoms with Crippen molar-refractivity contribution >= 4 is 33.4 Å². The Balaban J connectivity index is 1.57. The van der Waals surface area contributed by atoms with Crippen molar-refractivity contribution in [1.82, 2.24) is 30.1 Å². The van der Waals surface area contributed by atoms with Gasteiger partial charge in [-0.2, -0.15) is 16.4 Å². The number of H-pyrrole nitrogens is 2. The number of nitrogens with zero attached hydrogens (tertiary/aromatic N) is 4. The standard InChI is InChI=1S/C23H15FN6S/c1-12-4-7-25-10-16(12)15-2-3-17-18(19(15)24)21(30-29-17)23-27-20-14(13-6-9-31-11-13)5-8-26-22(20)28-23/h2-11H,1H3,(H,29,30)(H,26,27,28). The Kier molecular flexibility index (Phi) is 3.94. The Morgan fingerprint density at radius 3 is 2.77 bits per heavy atom. The summed E-state index contributed by atoms with van der Waals surface area (Å²) in [6, 6.07) is 9.43. The van der Waals surface area contributed by atoms with Crippen molar-refractivity contribution in [3.05, 3.63) is 71.1 Å². The number of fused-ring (bicyclic) bond motifs is 2. The lowest BCUT2D eigenvalue weighted by Crippen LogP contribution is -1.91. The molecule has 8 heteroatoms. The summed E-state index contributed by atoms with van der Waals surface area (Å²) in [6.45, 7) is 1.94. The number of halogens is 1. The fraction of sp³-hybridized carbons (Fsp3) is 0.0435. The maximum atomic E-state index is 15.7. The highest BCUT2D eigenvalue weighted by Gasteiger charge is 2.21. The van der Waals surface area contributed by atoms with Crippen molar-refractivity contribution in [2.24, 2.45) is 0 Å². The maximum absolute atomic E-state index is 15.7. The van der Waals surface area contributed by atoms with E-state index < -0.39 is 0 Å². The molecule has 0 radical (unpaired) electrons. The molecule has 0 unspecified atom stereocenters. The molecule has 31 heavy (non-hydrogen) atoms. The molecular formula is C23H15FN6S. The van der Waals surface area contributed by atoms with Gasteiger partial charge in [-0.05, 0) is 59.1 Å². The highest BCUT2D eigenvalue weighted by atomic mass is 32.1. The monoisotopic (exact) mass is 426 g/mol. The number of thiophene rings is 1. The molecule has 0 aliphatic heterocycles. The Morgan fingerprint density at radius 1 is 1.00 bits per heavy atom. The van der Waals surface area contributed by atoms with Crippen molar-refractivity contribution < 1.29 is 4.39 Å². The first-order valence-electron chi connectivity index (χ1n) is 9.66. The summed E-state index contributed by atoms with van der Waals surface area (Å²) in [5.41, 5.74) is 6.65. The minimum Gasteiger partial charge on any atom is -0.335 e. The van der Waals surface area contributed by atoms with Crippen molar-refractivity contribution in [3.8, 4) is 33.8 Å². The summed E-state index contributed by atoms with van der Waals surface area (Å²) in [5.74, 6) is 0.110. The summed E-state index contributed by atoms with van der Waals surface area (Å²) < 4.78 is 15.7. The van der Waals surface area contributed by atoms with E-state index in [1.165, 1.54) is 0 Å². The van der Waals surface area contributed by atoms with Gasteiger partial charge in [0.2, 0.25) is 0 Å². The lowest BCUT2D eigenvalue weighted by Gasteiger charge is -2.07. The zero-order valence-corrected chi connectivity index (χ0v) is 17.2. The Bertz CT molecular complexity index is 1560. The van der Waals surface area contributed by atoms with E-state index in [1.807, 2.05) is 36.6 Å². The van der Waals surface area contributed by atoms with Crippen LogP contribution in [-0.4, -0.2) is 30.1 Å². The number of benzene rings is 1. The van der Waals surface area contributed by atoms with Gasteiger partial charge in [-0.3, -0.25) is 10.1 Å². The van der Waals surface area contributed by atoms with Gasteiger partial charge in [-0.25, -0.2) is 14.4 Å². The van der Waals surface area contributed by atoms with Crippen molar-refractivity contribution in [1.29, 1.82) is 0 Å². The average molecular weight is 426 g/mol. The number of aromatic amines is 2. The van der Waals surface area contributed by atoms with Crippen LogP contribution in [0.1, 0.15) is 5.56 Å². The summed E-state index contributed by atoms with van der Waals surface area (Å²) in [6.07, 6.45) is 5.11. The average Bonchev–Trinajstić information content (AvgIpc) is 3.53. The minimum absolute atomic E-state index is 0.358. The van der Waals surface area contributed by atoms with Gasteiger partial charge in [0.15, 0.2) is 11.5 Å². The molecule has 6 rings (SSSR count). The Labute approximate surface area is 179 Å². The molecule has 1 aromatic carbocycles. The van der Waals surface area contributed by atoms with Crippen LogP contribution in [0.25, 0.3) is 55.8 Å². The van der Waals surface area contributed by atoms with Gasteiger partial charge in [-0.15, -0.1) is 0 Å². The molecule has 6 aromatic rings. The van der Waals surface area contributed by atoms with E-state index in [2.05, 4.69) is 35.5 Å². The SMILES string of the molecule is Cc1ccncc1-c1ccc2[nH]nc(-c3nc4nccc(-c5ccsc5)c4[nH]3)c2c1F. The number of nitrogens with one attached hydrogen (secondary N) is 2. The summed E-state index contributed by atoms with van der Waals surface area (Å²) >= 11 is 1.63. The highest BCUT2D eigenvalue weighted by molar-refractivity contribution is 7.08. The lowest BCUT2D eigenvalue weighted by atomic mass is 10.00. The lowest BCUT2D eigenvalue weighted by molar-refractivity contribution is 0.643. The molecule has 0 atom stereocenters. The number of aryl methyl sites for hydroxylation is 1. The predicted molar refractivity (Wildman–Crippen MR) is 120 cm³/mol. The first-order valence-corrected chi connectivity index (χ1v) is 10.6. The number of rotatable bonds is 3. The largest absolute Gasteiger partial charge is 0.335 e. The van der Waals surface area contributed by atoms with E-state index >= 15 is 4.39 Å². The Hall–Kier alpha value is -3.91. The molecule has 0 saturated carbocycles. The third-order valence-corrected chi connectivity index (χ3v) is 6.13. The summed E-state index contributed by atoms with van der Waals surface area (Å²) in [4.78, 5) is 16.5. The fourth-order valence-electron chi connectivity index (χ4n) is 3.88. The number of aromatic nitrogens is 6. The molecule has 0 fully saturated rings. The van der Waals surface area contributed by atoms with Crippen LogP contribution in [0.5, 0.6) is 0 Å². The van der Waals surface area contributed by atoms with E-state index in [0.29, 0.717) is 33.6 Å². The van der Waals surface area contributed by atoms with Crippen molar-refractivity contribution in [2.45, 2.75) is 6.92 Å². The van der Waals surface area contributed by atoms with Crippen LogP contribution in [0.3, 0.4) is 0 Å². The van der Waals surface area contributed by atoms with Gasteiger partial charge < -0.3 is 4.98 Å². The molecule has 150 valence electrons. The minimum atomic E-state index is -0.358. The molecule has 6 nitrogen and oxygen atoms in total. The molecule has 0 amide bonds. The number of hydrogen-bond acceptors (Lipinski definition) is 5. The normalized spacial score (nSPS) is 11.5. The van der Waals surface area contributed by atoms with Crippen LogP contribution in [0.4, 0.5) is 4.39 Å². The van der Waals surface area contributed by atoms with Crippen molar-refractivity contribution in [3.63, 3.8) is 0 Å². The molecule has 0 aliphatic rings. The second-order valence-electron chi connectivity index (χ2n) is 7.27. The van der Waals surface area contributed by atoms with E-state index in [4.69, 9.17) is 0 Å². The smallest absolute Gasteiger partial charge is 0.178 e. The molecule has 0 spiro atoms. The molecule has 0 saturated heterocycles. The highest BCUT2D eigenvalue weighted by Crippen LogP contribution is 2.35. The van der Waals surface area contributed by atoms with Gasteiger partial charge in [0.25, 0.3) is 0 Å². The fourth-order valence-corrected chi connectivity index (χ4v) is 4.54. The first kappa shape index (κ1) is 17.9. The van der Waals surface area contributed by atoms with Crippen LogP contribution < -0.4 is 0 Å².